The third-order valence-electron chi connectivity index (χ3n) is 4.17. The summed E-state index contributed by atoms with van der Waals surface area (Å²) < 4.78 is 28.8. The van der Waals surface area contributed by atoms with Crippen molar-refractivity contribution in [2.75, 3.05) is 26.2 Å². The van der Waals surface area contributed by atoms with Gasteiger partial charge in [-0.2, -0.15) is 12.7 Å². The van der Waals surface area contributed by atoms with Gasteiger partial charge >= 0.3 is 0 Å². The molecule has 0 amide bonds. The van der Waals surface area contributed by atoms with Crippen LogP contribution < -0.4 is 10.5 Å². The molecular formula is C12H25N3O2S. The van der Waals surface area contributed by atoms with E-state index in [0.29, 0.717) is 26.2 Å². The molecule has 106 valence electrons. The normalized spacial score (nSPS) is 24.7. The van der Waals surface area contributed by atoms with E-state index in [2.05, 4.69) is 4.72 Å². The van der Waals surface area contributed by atoms with E-state index in [1.165, 1.54) is 0 Å². The molecule has 0 atom stereocenters. The van der Waals surface area contributed by atoms with E-state index in [1.807, 2.05) is 0 Å². The van der Waals surface area contributed by atoms with Crippen molar-refractivity contribution in [1.82, 2.24) is 9.03 Å². The largest absolute Gasteiger partial charge is 0.330 e. The summed E-state index contributed by atoms with van der Waals surface area (Å²) in [5, 5.41) is 0. The van der Waals surface area contributed by atoms with Crippen molar-refractivity contribution in [3.05, 3.63) is 0 Å². The Morgan fingerprint density at radius 3 is 2.22 bits per heavy atom. The SMILES string of the molecule is NCCC1(CNS(=O)(=O)N2CCCCCC2)CC1. The molecule has 2 rings (SSSR count). The van der Waals surface area contributed by atoms with Crippen LogP contribution in [0.4, 0.5) is 0 Å². The van der Waals surface area contributed by atoms with E-state index < -0.39 is 10.2 Å². The average Bonchev–Trinajstić information content (AvgIpc) is 3.11. The third kappa shape index (κ3) is 3.66. The van der Waals surface area contributed by atoms with Gasteiger partial charge in [0.2, 0.25) is 0 Å². The van der Waals surface area contributed by atoms with Crippen molar-refractivity contribution in [2.45, 2.75) is 44.9 Å². The highest BCUT2D eigenvalue weighted by Gasteiger charge is 2.42. The number of nitrogens with zero attached hydrogens (tertiary/aromatic N) is 1. The molecule has 1 aliphatic carbocycles. The second-order valence-electron chi connectivity index (χ2n) is 5.68. The fourth-order valence-electron chi connectivity index (χ4n) is 2.62. The molecule has 0 bridgehead atoms. The van der Waals surface area contributed by atoms with Gasteiger partial charge in [-0.3, -0.25) is 0 Å². The van der Waals surface area contributed by atoms with Gasteiger partial charge in [0.25, 0.3) is 10.2 Å². The Bertz CT molecular complexity index is 358. The van der Waals surface area contributed by atoms with Gasteiger partial charge in [0.15, 0.2) is 0 Å². The molecular weight excluding hydrogens is 250 g/mol. The minimum Gasteiger partial charge on any atom is -0.330 e. The van der Waals surface area contributed by atoms with Gasteiger partial charge in [-0.05, 0) is 44.1 Å². The zero-order valence-electron chi connectivity index (χ0n) is 11.0. The summed E-state index contributed by atoms with van der Waals surface area (Å²) in [4.78, 5) is 0. The smallest absolute Gasteiger partial charge is 0.279 e. The van der Waals surface area contributed by atoms with Crippen LogP contribution in [0.1, 0.15) is 44.9 Å². The predicted molar refractivity (Wildman–Crippen MR) is 72.3 cm³/mol. The first-order valence-electron chi connectivity index (χ1n) is 7.03. The van der Waals surface area contributed by atoms with Crippen LogP contribution in [0, 0.1) is 5.41 Å². The number of hydrogen-bond acceptors (Lipinski definition) is 3. The maximum absolute atomic E-state index is 12.2. The number of rotatable bonds is 6. The summed E-state index contributed by atoms with van der Waals surface area (Å²) >= 11 is 0. The fourth-order valence-corrected chi connectivity index (χ4v) is 4.03. The van der Waals surface area contributed by atoms with Crippen molar-refractivity contribution >= 4 is 10.2 Å². The molecule has 0 aromatic rings. The van der Waals surface area contributed by atoms with Crippen molar-refractivity contribution in [1.29, 1.82) is 0 Å². The van der Waals surface area contributed by atoms with Crippen LogP contribution in [-0.2, 0) is 10.2 Å². The van der Waals surface area contributed by atoms with Gasteiger partial charge in [-0.25, -0.2) is 4.72 Å². The summed E-state index contributed by atoms with van der Waals surface area (Å²) in [7, 11) is -3.28. The van der Waals surface area contributed by atoms with Gasteiger partial charge in [-0.15, -0.1) is 0 Å². The lowest BCUT2D eigenvalue weighted by Gasteiger charge is -2.22. The van der Waals surface area contributed by atoms with Crippen LogP contribution in [0.3, 0.4) is 0 Å². The van der Waals surface area contributed by atoms with Crippen molar-refractivity contribution in [3.63, 3.8) is 0 Å². The molecule has 1 heterocycles. The molecule has 0 spiro atoms. The standard InChI is InChI=1S/C12H25N3O2S/c13-8-7-12(5-6-12)11-14-18(16,17)15-9-3-1-2-4-10-15/h14H,1-11,13H2. The Kier molecular flexibility index (Phi) is 4.64. The van der Waals surface area contributed by atoms with Gasteiger partial charge in [0.1, 0.15) is 0 Å². The van der Waals surface area contributed by atoms with Crippen LogP contribution >= 0.6 is 0 Å². The molecule has 2 aliphatic rings. The minimum absolute atomic E-state index is 0.160. The van der Waals surface area contributed by atoms with E-state index in [1.54, 1.807) is 4.31 Å². The first-order chi connectivity index (χ1) is 8.58. The van der Waals surface area contributed by atoms with Crippen LogP contribution in [0.15, 0.2) is 0 Å². The molecule has 3 N–H and O–H groups in total. The van der Waals surface area contributed by atoms with Crippen LogP contribution in [0.25, 0.3) is 0 Å². The Hall–Kier alpha value is -0.170. The quantitative estimate of drug-likeness (QED) is 0.754. The summed E-state index contributed by atoms with van der Waals surface area (Å²) in [5.74, 6) is 0. The molecule has 6 heteroatoms. The molecule has 1 saturated carbocycles. The number of nitrogens with one attached hydrogen (secondary N) is 1. The predicted octanol–water partition coefficient (Wildman–Crippen LogP) is 0.826. The first kappa shape index (κ1) is 14.2. The Labute approximate surface area is 110 Å². The third-order valence-corrected chi connectivity index (χ3v) is 5.72. The van der Waals surface area contributed by atoms with E-state index in [0.717, 1.165) is 44.9 Å². The highest BCUT2D eigenvalue weighted by molar-refractivity contribution is 7.87. The van der Waals surface area contributed by atoms with E-state index in [4.69, 9.17) is 5.73 Å². The molecule has 0 aromatic carbocycles. The minimum atomic E-state index is -3.28. The molecule has 1 saturated heterocycles. The fraction of sp³-hybridized carbons (Fsp3) is 1.00. The Morgan fingerprint density at radius 2 is 1.72 bits per heavy atom. The monoisotopic (exact) mass is 275 g/mol. The molecule has 0 unspecified atom stereocenters. The van der Waals surface area contributed by atoms with Crippen molar-refractivity contribution in [3.8, 4) is 0 Å². The highest BCUT2D eigenvalue weighted by atomic mass is 32.2. The summed E-state index contributed by atoms with van der Waals surface area (Å²) in [6.45, 7) is 2.53. The summed E-state index contributed by atoms with van der Waals surface area (Å²) in [5.41, 5.74) is 5.73. The van der Waals surface area contributed by atoms with Gasteiger partial charge in [0.05, 0.1) is 0 Å². The average molecular weight is 275 g/mol. The van der Waals surface area contributed by atoms with Crippen LogP contribution in [0.5, 0.6) is 0 Å². The van der Waals surface area contributed by atoms with Gasteiger partial charge in [0, 0.05) is 19.6 Å². The lowest BCUT2D eigenvalue weighted by atomic mass is 10.0. The molecule has 1 aliphatic heterocycles. The number of nitrogens with two attached hydrogens (primary N) is 1. The van der Waals surface area contributed by atoms with Gasteiger partial charge in [-0.1, -0.05) is 12.8 Å². The van der Waals surface area contributed by atoms with Crippen LogP contribution in [0.2, 0.25) is 0 Å². The maximum atomic E-state index is 12.2. The Morgan fingerprint density at radius 1 is 1.11 bits per heavy atom. The van der Waals surface area contributed by atoms with Crippen molar-refractivity contribution < 1.29 is 8.42 Å². The molecule has 5 nitrogen and oxygen atoms in total. The van der Waals surface area contributed by atoms with E-state index >= 15 is 0 Å². The molecule has 18 heavy (non-hydrogen) atoms. The zero-order chi connectivity index (χ0) is 13.1. The maximum Gasteiger partial charge on any atom is 0.279 e. The van der Waals surface area contributed by atoms with E-state index in [9.17, 15) is 8.42 Å². The molecule has 0 radical (unpaired) electrons. The second-order valence-corrected chi connectivity index (χ2v) is 7.43. The molecule has 0 aromatic heterocycles. The number of hydrogen-bond donors (Lipinski definition) is 2. The molecule has 2 fully saturated rings. The highest BCUT2D eigenvalue weighted by Crippen LogP contribution is 2.47. The zero-order valence-corrected chi connectivity index (χ0v) is 11.8. The van der Waals surface area contributed by atoms with Crippen molar-refractivity contribution in [2.24, 2.45) is 11.1 Å². The lowest BCUT2D eigenvalue weighted by Crippen LogP contribution is -2.43. The van der Waals surface area contributed by atoms with Crippen LogP contribution in [-0.4, -0.2) is 38.9 Å². The van der Waals surface area contributed by atoms with E-state index in [-0.39, 0.29) is 5.41 Å². The topological polar surface area (TPSA) is 75.4 Å². The lowest BCUT2D eigenvalue weighted by molar-refractivity contribution is 0.399. The second kappa shape index (κ2) is 5.86. The summed E-state index contributed by atoms with van der Waals surface area (Å²) in [6, 6.07) is 0. The Balaban J connectivity index is 1.86. The first-order valence-corrected chi connectivity index (χ1v) is 8.47. The van der Waals surface area contributed by atoms with Gasteiger partial charge < -0.3 is 5.73 Å². The summed E-state index contributed by atoms with van der Waals surface area (Å²) in [6.07, 6.45) is 7.38.